The van der Waals surface area contributed by atoms with Gasteiger partial charge in [-0.05, 0) is 42.5 Å². The van der Waals surface area contributed by atoms with Crippen molar-refractivity contribution in [1.29, 1.82) is 0 Å². The lowest BCUT2D eigenvalue weighted by molar-refractivity contribution is 0.0954. The highest BCUT2D eigenvalue weighted by atomic mass is 32.2. The highest BCUT2D eigenvalue weighted by molar-refractivity contribution is 7.89. The van der Waals surface area contributed by atoms with E-state index < -0.39 is 10.0 Å². The number of H-pyrrole nitrogens is 2. The number of primary sulfonamides is 1. The zero-order valence-corrected chi connectivity index (χ0v) is 17.4. The van der Waals surface area contributed by atoms with E-state index in [0.717, 1.165) is 5.69 Å². The molecule has 4 rings (SSSR count). The predicted octanol–water partition coefficient (Wildman–Crippen LogP) is 2.63. The lowest BCUT2D eigenvalue weighted by atomic mass is 10.1. The van der Waals surface area contributed by atoms with Gasteiger partial charge < -0.3 is 20.4 Å². The van der Waals surface area contributed by atoms with Crippen molar-refractivity contribution in [2.75, 3.05) is 6.54 Å². The maximum Gasteiger partial charge on any atom is 0.251 e. The van der Waals surface area contributed by atoms with Crippen LogP contribution in [0.1, 0.15) is 16.1 Å². The lowest BCUT2D eigenvalue weighted by Crippen LogP contribution is -2.25. The molecule has 6 N–H and O–H groups in total. The van der Waals surface area contributed by atoms with Crippen LogP contribution in [-0.4, -0.2) is 40.9 Å². The standard InChI is InChI=1S/C20H19N7O4S/c21-32(30,31)15-4-2-13(3-5-15)26-27-18-16-9-12(1-6-17(16)25-20(18)29)19(28)23-8-7-14-10-22-11-24-14/h1-6,9-11,25,29H,7-8H2,(H,22,24)(H,23,28)(H2,21,30,31). The van der Waals surface area contributed by atoms with Crippen molar-refractivity contribution >= 4 is 38.2 Å². The second-order valence-electron chi connectivity index (χ2n) is 6.90. The number of aromatic hydroxyl groups is 1. The van der Waals surface area contributed by atoms with E-state index in [0.29, 0.717) is 35.1 Å². The van der Waals surface area contributed by atoms with Crippen molar-refractivity contribution < 1.29 is 18.3 Å². The third-order valence-corrected chi connectivity index (χ3v) is 5.61. The van der Waals surface area contributed by atoms with Crippen molar-refractivity contribution in [3.8, 4) is 5.88 Å². The molecule has 0 aliphatic heterocycles. The molecule has 2 aromatic carbocycles. The first-order chi connectivity index (χ1) is 15.3. The maximum atomic E-state index is 12.5. The highest BCUT2D eigenvalue weighted by Crippen LogP contribution is 2.36. The van der Waals surface area contributed by atoms with Crippen molar-refractivity contribution in [2.45, 2.75) is 11.3 Å². The second-order valence-corrected chi connectivity index (χ2v) is 8.47. The molecule has 0 fully saturated rings. The Hall–Kier alpha value is -4.03. The van der Waals surface area contributed by atoms with Gasteiger partial charge in [-0.15, -0.1) is 5.11 Å². The topological polar surface area (TPSA) is 179 Å². The summed E-state index contributed by atoms with van der Waals surface area (Å²) in [5, 5.41) is 26.7. The molecule has 164 valence electrons. The molecule has 2 aromatic heterocycles. The quantitative estimate of drug-likeness (QED) is 0.269. The largest absolute Gasteiger partial charge is 0.493 e. The first kappa shape index (κ1) is 21.2. The zero-order chi connectivity index (χ0) is 22.7. The Morgan fingerprint density at radius 1 is 1.16 bits per heavy atom. The minimum absolute atomic E-state index is 0.0467. The van der Waals surface area contributed by atoms with E-state index in [1.54, 1.807) is 30.7 Å². The Kier molecular flexibility index (Phi) is 5.71. The summed E-state index contributed by atoms with van der Waals surface area (Å²) in [5.74, 6) is -0.477. The number of azo groups is 1. The van der Waals surface area contributed by atoms with Crippen LogP contribution >= 0.6 is 0 Å². The SMILES string of the molecule is NS(=O)(=O)c1ccc(N=Nc2c(O)[nH]c3ccc(C(=O)NCCc4cnc[nH]4)cc23)cc1. The number of imidazole rings is 1. The van der Waals surface area contributed by atoms with Crippen LogP contribution in [0.25, 0.3) is 10.9 Å². The Morgan fingerprint density at radius 3 is 2.62 bits per heavy atom. The van der Waals surface area contributed by atoms with Gasteiger partial charge in [0, 0.05) is 35.8 Å². The van der Waals surface area contributed by atoms with E-state index >= 15 is 0 Å². The number of amides is 1. The van der Waals surface area contributed by atoms with Crippen LogP contribution in [0.4, 0.5) is 11.4 Å². The maximum absolute atomic E-state index is 12.5. The van der Waals surface area contributed by atoms with E-state index in [1.165, 1.54) is 24.3 Å². The molecule has 0 atom stereocenters. The van der Waals surface area contributed by atoms with Crippen LogP contribution in [0.2, 0.25) is 0 Å². The van der Waals surface area contributed by atoms with Gasteiger partial charge in [0.25, 0.3) is 5.91 Å². The Labute approximate surface area is 182 Å². The number of hydrogen-bond donors (Lipinski definition) is 5. The number of nitrogens with one attached hydrogen (secondary N) is 3. The molecular formula is C20H19N7O4S. The summed E-state index contributed by atoms with van der Waals surface area (Å²) in [6.45, 7) is 0.429. The molecule has 0 aliphatic carbocycles. The fraction of sp³-hybridized carbons (Fsp3) is 0.100. The van der Waals surface area contributed by atoms with E-state index in [9.17, 15) is 18.3 Å². The number of hydrogen-bond acceptors (Lipinski definition) is 7. The molecule has 1 amide bonds. The van der Waals surface area contributed by atoms with E-state index in [-0.39, 0.29) is 22.4 Å². The van der Waals surface area contributed by atoms with E-state index in [4.69, 9.17) is 5.14 Å². The van der Waals surface area contributed by atoms with Crippen molar-refractivity contribution in [1.82, 2.24) is 20.3 Å². The Morgan fingerprint density at radius 2 is 1.94 bits per heavy atom. The van der Waals surface area contributed by atoms with Gasteiger partial charge in [0.1, 0.15) is 0 Å². The van der Waals surface area contributed by atoms with Gasteiger partial charge in [-0.25, -0.2) is 18.5 Å². The molecule has 0 radical (unpaired) electrons. The Balaban J connectivity index is 1.53. The van der Waals surface area contributed by atoms with Gasteiger partial charge in [0.05, 0.1) is 22.4 Å². The van der Waals surface area contributed by atoms with Crippen LogP contribution < -0.4 is 10.5 Å². The van der Waals surface area contributed by atoms with Gasteiger partial charge >= 0.3 is 0 Å². The molecular weight excluding hydrogens is 434 g/mol. The summed E-state index contributed by atoms with van der Waals surface area (Å²) in [7, 11) is -3.81. The van der Waals surface area contributed by atoms with Crippen molar-refractivity contribution in [3.63, 3.8) is 0 Å². The van der Waals surface area contributed by atoms with Gasteiger partial charge in [-0.1, -0.05) is 0 Å². The molecule has 0 saturated carbocycles. The zero-order valence-electron chi connectivity index (χ0n) is 16.6. The molecule has 0 unspecified atom stereocenters. The van der Waals surface area contributed by atoms with E-state index in [2.05, 4.69) is 30.5 Å². The molecule has 11 nitrogen and oxygen atoms in total. The van der Waals surface area contributed by atoms with Crippen LogP contribution in [-0.2, 0) is 16.4 Å². The molecule has 32 heavy (non-hydrogen) atoms. The molecule has 4 aromatic rings. The number of aromatic amines is 2. The Bertz CT molecular complexity index is 1390. The van der Waals surface area contributed by atoms with Crippen LogP contribution in [0, 0.1) is 0 Å². The molecule has 0 aliphatic rings. The molecule has 0 saturated heterocycles. The van der Waals surface area contributed by atoms with Gasteiger partial charge in [0.15, 0.2) is 5.69 Å². The number of nitrogens with zero attached hydrogens (tertiary/aromatic N) is 3. The highest BCUT2D eigenvalue weighted by Gasteiger charge is 2.14. The molecule has 2 heterocycles. The van der Waals surface area contributed by atoms with Crippen molar-refractivity contribution in [2.24, 2.45) is 15.4 Å². The van der Waals surface area contributed by atoms with Gasteiger partial charge in [-0.2, -0.15) is 5.11 Å². The number of fused-ring (bicyclic) bond motifs is 1. The summed E-state index contributed by atoms with van der Waals surface area (Å²) >= 11 is 0. The second kappa shape index (κ2) is 8.61. The third kappa shape index (κ3) is 4.66. The lowest BCUT2D eigenvalue weighted by Gasteiger charge is -2.04. The minimum atomic E-state index is -3.81. The number of aromatic nitrogens is 3. The number of sulfonamides is 1. The van der Waals surface area contributed by atoms with Crippen molar-refractivity contribution in [3.05, 3.63) is 66.2 Å². The predicted molar refractivity (Wildman–Crippen MR) is 117 cm³/mol. The van der Waals surface area contributed by atoms with Gasteiger partial charge in [-0.3, -0.25) is 4.79 Å². The monoisotopic (exact) mass is 453 g/mol. The molecule has 12 heteroatoms. The first-order valence-electron chi connectivity index (χ1n) is 9.46. The fourth-order valence-electron chi connectivity index (χ4n) is 3.05. The number of carbonyl (C=O) groups is 1. The normalized spacial score (nSPS) is 11.9. The molecule has 0 spiro atoms. The first-order valence-corrected chi connectivity index (χ1v) is 11.0. The number of carbonyl (C=O) groups excluding carboxylic acids is 1. The minimum Gasteiger partial charge on any atom is -0.493 e. The van der Waals surface area contributed by atoms with Crippen LogP contribution in [0.5, 0.6) is 5.88 Å². The summed E-state index contributed by atoms with van der Waals surface area (Å²) < 4.78 is 22.7. The average Bonchev–Trinajstić information content (AvgIpc) is 3.38. The van der Waals surface area contributed by atoms with Crippen LogP contribution in [0.3, 0.4) is 0 Å². The summed E-state index contributed by atoms with van der Waals surface area (Å²) in [4.78, 5) is 22.1. The average molecular weight is 453 g/mol. The van der Waals surface area contributed by atoms with E-state index in [1.807, 2.05) is 0 Å². The summed E-state index contributed by atoms with van der Waals surface area (Å²) in [6.07, 6.45) is 3.89. The summed E-state index contributed by atoms with van der Waals surface area (Å²) in [6, 6.07) is 10.4. The number of benzene rings is 2. The number of rotatable bonds is 7. The van der Waals surface area contributed by atoms with Crippen LogP contribution in [0.15, 0.2) is 70.1 Å². The smallest absolute Gasteiger partial charge is 0.251 e. The fourth-order valence-corrected chi connectivity index (χ4v) is 3.57. The molecule has 0 bridgehead atoms. The van der Waals surface area contributed by atoms with Gasteiger partial charge in [0.2, 0.25) is 15.9 Å². The number of nitrogens with two attached hydrogens (primary N) is 1. The summed E-state index contributed by atoms with van der Waals surface area (Å²) in [5.41, 5.74) is 2.41. The third-order valence-electron chi connectivity index (χ3n) is 4.68.